The summed E-state index contributed by atoms with van der Waals surface area (Å²) in [6.07, 6.45) is 0. The van der Waals surface area contributed by atoms with E-state index in [-0.39, 0.29) is 21.9 Å². The van der Waals surface area contributed by atoms with Gasteiger partial charge in [0.25, 0.3) is 11.1 Å². The third-order valence-corrected chi connectivity index (χ3v) is 11.1. The molecule has 0 unspecified atom stereocenters. The Kier molecular flexibility index (Phi) is 4.83. The Labute approximate surface area is 270 Å². The van der Waals surface area contributed by atoms with Crippen LogP contribution >= 0.6 is 0 Å². The van der Waals surface area contributed by atoms with Crippen molar-refractivity contribution in [3.63, 3.8) is 0 Å². The fourth-order valence-electron chi connectivity index (χ4n) is 8.75. The molecule has 5 aromatic carbocycles. The van der Waals surface area contributed by atoms with Crippen molar-refractivity contribution in [2.24, 2.45) is 0 Å². The summed E-state index contributed by atoms with van der Waals surface area (Å²) in [5, 5.41) is 1.04. The van der Waals surface area contributed by atoms with E-state index in [1.165, 1.54) is 38.9 Å². The lowest BCUT2D eigenvalue weighted by Gasteiger charge is -2.23. The van der Waals surface area contributed by atoms with E-state index in [0.29, 0.717) is 16.3 Å². The molecule has 2 aliphatic rings. The van der Waals surface area contributed by atoms with Gasteiger partial charge in [0.1, 0.15) is 11.3 Å². The summed E-state index contributed by atoms with van der Waals surface area (Å²) < 4.78 is 5.70. The first-order valence-corrected chi connectivity index (χ1v) is 16.2. The van der Waals surface area contributed by atoms with E-state index in [1.54, 1.807) is 4.57 Å². The van der Waals surface area contributed by atoms with E-state index in [0.717, 1.165) is 28.2 Å². The van der Waals surface area contributed by atoms with Gasteiger partial charge in [0.05, 0.1) is 27.7 Å². The highest BCUT2D eigenvalue weighted by molar-refractivity contribution is 5.99. The zero-order valence-corrected chi connectivity index (χ0v) is 26.6. The summed E-state index contributed by atoms with van der Waals surface area (Å²) in [5.41, 5.74) is 13.0. The largest absolute Gasteiger partial charge is 0.279 e. The maximum atomic E-state index is 14.4. The predicted octanol–water partition coefficient (Wildman–Crippen LogP) is 8.60. The maximum absolute atomic E-state index is 14.4. The van der Waals surface area contributed by atoms with Gasteiger partial charge in [0.15, 0.2) is 0 Å². The Morgan fingerprint density at radius 2 is 0.936 bits per heavy atom. The second kappa shape index (κ2) is 8.56. The van der Waals surface area contributed by atoms with E-state index < -0.39 is 0 Å². The maximum Gasteiger partial charge on any atom is 0.266 e. The number of hydrogen-bond donors (Lipinski definition) is 0. The number of benzene rings is 5. The highest BCUT2D eigenvalue weighted by Crippen LogP contribution is 2.50. The Hall–Kier alpha value is -5.68. The van der Waals surface area contributed by atoms with Gasteiger partial charge in [-0.15, -0.1) is 0 Å². The van der Waals surface area contributed by atoms with Gasteiger partial charge in [-0.05, 0) is 93.0 Å². The average molecular weight is 610 g/mol. The van der Waals surface area contributed by atoms with Crippen LogP contribution in [0.15, 0.2) is 125 Å². The van der Waals surface area contributed by atoms with Crippen LogP contribution in [0, 0.1) is 0 Å². The molecule has 3 heterocycles. The van der Waals surface area contributed by atoms with Crippen molar-refractivity contribution in [2.75, 3.05) is 0 Å². The van der Waals surface area contributed by atoms with Gasteiger partial charge in [0.2, 0.25) is 0 Å². The highest BCUT2D eigenvalue weighted by Gasteiger charge is 2.37. The number of para-hydroxylation sites is 1. The first-order chi connectivity index (χ1) is 22.7. The molecule has 47 heavy (non-hydrogen) atoms. The molecule has 0 fully saturated rings. The molecule has 0 N–H and O–H groups in total. The lowest BCUT2D eigenvalue weighted by Crippen LogP contribution is -2.27. The van der Waals surface area contributed by atoms with Crippen molar-refractivity contribution < 1.29 is 0 Å². The van der Waals surface area contributed by atoms with Gasteiger partial charge in [0, 0.05) is 10.8 Å². The van der Waals surface area contributed by atoms with Crippen molar-refractivity contribution in [1.29, 1.82) is 0 Å². The summed E-state index contributed by atoms with van der Waals surface area (Å²) in [4.78, 5) is 28.8. The van der Waals surface area contributed by atoms with Gasteiger partial charge in [-0.3, -0.25) is 23.1 Å². The molecule has 0 radical (unpaired) electrons. The Morgan fingerprint density at radius 3 is 1.57 bits per heavy atom. The molecule has 2 aliphatic carbocycles. The molecule has 0 saturated carbocycles. The summed E-state index contributed by atoms with van der Waals surface area (Å²) in [5.74, 6) is 0. The average Bonchev–Trinajstić information content (AvgIpc) is 3.68. The molecule has 0 saturated heterocycles. The smallest absolute Gasteiger partial charge is 0.266 e. The molecule has 0 bridgehead atoms. The quantitative estimate of drug-likeness (QED) is 0.197. The molecular weight excluding hydrogens is 578 g/mol. The minimum Gasteiger partial charge on any atom is -0.279 e. The van der Waals surface area contributed by atoms with Crippen LogP contribution in [0.5, 0.6) is 0 Å². The fourth-order valence-corrected chi connectivity index (χ4v) is 8.75. The van der Waals surface area contributed by atoms with Gasteiger partial charge in [-0.25, -0.2) is 0 Å². The van der Waals surface area contributed by atoms with Crippen LogP contribution in [0.2, 0.25) is 0 Å². The predicted molar refractivity (Wildman–Crippen MR) is 190 cm³/mol. The van der Waals surface area contributed by atoms with Gasteiger partial charge < -0.3 is 0 Å². The number of hydrogen-bond acceptors (Lipinski definition) is 2. The molecule has 0 spiro atoms. The molecule has 0 atom stereocenters. The third-order valence-electron chi connectivity index (χ3n) is 11.1. The number of aromatic nitrogens is 3. The Morgan fingerprint density at radius 1 is 0.447 bits per heavy atom. The number of rotatable bonds is 2. The second-order valence-electron chi connectivity index (χ2n) is 14.2. The number of fused-ring (bicyclic) bond motifs is 6. The highest BCUT2D eigenvalue weighted by atomic mass is 16.1. The molecule has 8 aromatic rings. The van der Waals surface area contributed by atoms with Crippen molar-refractivity contribution >= 4 is 27.6 Å². The van der Waals surface area contributed by atoms with Crippen LogP contribution in [0.1, 0.15) is 49.9 Å². The van der Waals surface area contributed by atoms with Crippen LogP contribution in [-0.4, -0.2) is 13.5 Å². The number of nitrogens with zero attached hydrogens (tertiary/aromatic N) is 3. The van der Waals surface area contributed by atoms with Crippen LogP contribution < -0.4 is 11.1 Å². The van der Waals surface area contributed by atoms with Crippen molar-refractivity contribution in [2.45, 2.75) is 38.5 Å². The van der Waals surface area contributed by atoms with Gasteiger partial charge in [-0.1, -0.05) is 94.4 Å². The SMILES string of the molecule is CC1(C)c2ccccc2-c2cc(-n3c(=O)c4cccc5c(=O)n(-c6ccc7c(c6)C(C)(C)c6ccccc6-7)c6ccc3n6c45)ccc21. The lowest BCUT2D eigenvalue weighted by atomic mass is 9.82. The zero-order valence-electron chi connectivity index (χ0n) is 26.6. The second-order valence-corrected chi connectivity index (χ2v) is 14.2. The summed E-state index contributed by atoms with van der Waals surface area (Å²) >= 11 is 0. The molecule has 226 valence electrons. The minimum atomic E-state index is -0.200. The topological polar surface area (TPSA) is 48.4 Å². The van der Waals surface area contributed by atoms with Crippen molar-refractivity contribution in [1.82, 2.24) is 13.5 Å². The first kappa shape index (κ1) is 26.5. The normalized spacial score (nSPS) is 15.3. The van der Waals surface area contributed by atoms with Crippen LogP contribution in [0.25, 0.3) is 61.2 Å². The minimum absolute atomic E-state index is 0.126. The lowest BCUT2D eigenvalue weighted by molar-refractivity contribution is 0.659. The molecule has 3 aromatic heterocycles. The standard InChI is InChI=1S/C42H31N3O2/c1-41(2)33-15-8-6-11-27(33)31-22-24(17-19-34(31)41)43-36-20-21-37-44(40(47)30-13-9-12-29(39(43)46)38(30)45(36)37)25-16-18-28-26-10-5-7-14-32(26)42(3,4)35(28)23-25/h5-23H,1-4H3. The van der Waals surface area contributed by atoms with Crippen molar-refractivity contribution in [3.8, 4) is 33.6 Å². The van der Waals surface area contributed by atoms with E-state index in [4.69, 9.17) is 0 Å². The van der Waals surface area contributed by atoms with Gasteiger partial charge >= 0.3 is 0 Å². The Balaban J connectivity index is 1.26. The van der Waals surface area contributed by atoms with Crippen molar-refractivity contribution in [3.05, 3.63) is 158 Å². The van der Waals surface area contributed by atoms with Crippen LogP contribution in [-0.2, 0) is 10.8 Å². The van der Waals surface area contributed by atoms with E-state index in [1.807, 2.05) is 34.9 Å². The summed E-state index contributed by atoms with van der Waals surface area (Å²) in [7, 11) is 0. The molecule has 5 nitrogen and oxygen atoms in total. The van der Waals surface area contributed by atoms with Crippen LogP contribution in [0.4, 0.5) is 0 Å². The molecule has 0 amide bonds. The summed E-state index contributed by atoms with van der Waals surface area (Å²) in [6, 6.07) is 39.3. The van der Waals surface area contributed by atoms with Crippen LogP contribution in [0.3, 0.4) is 0 Å². The zero-order chi connectivity index (χ0) is 32.0. The van der Waals surface area contributed by atoms with E-state index >= 15 is 0 Å². The molecule has 5 heteroatoms. The molecule has 0 aliphatic heterocycles. The van der Waals surface area contributed by atoms with Gasteiger partial charge in [-0.2, -0.15) is 0 Å². The molecule has 10 rings (SSSR count). The summed E-state index contributed by atoms with van der Waals surface area (Å²) in [6.45, 7) is 9.02. The first-order valence-electron chi connectivity index (χ1n) is 16.2. The Bertz CT molecular complexity index is 2790. The molecular formula is C42H31N3O2. The third kappa shape index (κ3) is 3.14. The van der Waals surface area contributed by atoms with E-state index in [2.05, 4.69) is 117 Å². The van der Waals surface area contributed by atoms with E-state index in [9.17, 15) is 9.59 Å². The monoisotopic (exact) mass is 609 g/mol. The fraction of sp³-hybridized carbons (Fsp3) is 0.143.